The molecule has 5 rings (SSSR count). The van der Waals surface area contributed by atoms with E-state index < -0.39 is 0 Å². The molecule has 2 aromatic heterocycles. The minimum Gasteiger partial charge on any atom is -0.495 e. The number of ketones is 1. The van der Waals surface area contributed by atoms with E-state index in [9.17, 15) is 4.79 Å². The minimum atomic E-state index is -0.0602. The Morgan fingerprint density at radius 2 is 1.93 bits per heavy atom. The highest BCUT2D eigenvalue weighted by Gasteiger charge is 2.28. The third-order valence-corrected chi connectivity index (χ3v) is 8.34. The predicted octanol–water partition coefficient (Wildman–Crippen LogP) is 6.17. The SMILES string of the molecule is C=CC(=O)C[C@H]1CCOC[C@H]1Nc1cc2c(NCC3CCCO3)nc(-c3c(Cl)c(OC)cc(OC)c3Cl)cc2cn1. The van der Waals surface area contributed by atoms with Crippen molar-refractivity contribution in [3.05, 3.63) is 47.1 Å². The first-order valence-electron chi connectivity index (χ1n) is 13.7. The molecule has 0 spiro atoms. The summed E-state index contributed by atoms with van der Waals surface area (Å²) >= 11 is 13.5. The fraction of sp³-hybridized carbons (Fsp3) is 0.433. The monoisotopic (exact) mass is 600 g/mol. The maximum absolute atomic E-state index is 12.1. The number of carbonyl (C=O) groups excluding carboxylic acids is 1. The molecule has 1 unspecified atom stereocenters. The molecule has 11 heteroatoms. The molecule has 0 radical (unpaired) electrons. The third-order valence-electron chi connectivity index (χ3n) is 7.59. The van der Waals surface area contributed by atoms with E-state index >= 15 is 0 Å². The number of aromatic nitrogens is 2. The van der Waals surface area contributed by atoms with E-state index in [0.29, 0.717) is 70.6 Å². The van der Waals surface area contributed by atoms with Crippen molar-refractivity contribution in [2.24, 2.45) is 5.92 Å². The zero-order chi connectivity index (χ0) is 28.9. The van der Waals surface area contributed by atoms with Gasteiger partial charge in [-0.15, -0.1) is 0 Å². The van der Waals surface area contributed by atoms with Gasteiger partial charge >= 0.3 is 0 Å². The fourth-order valence-electron chi connectivity index (χ4n) is 5.33. The number of hydrogen-bond donors (Lipinski definition) is 2. The molecular formula is C30H34Cl2N4O5. The standard InChI is InChI=1S/C30H34Cl2N4O5/c1-4-19(37)10-17-7-9-40-16-23(17)35-26-12-21-18(14-33-26)11-22(36-30(21)34-15-20-6-5-8-41-20)27-28(31)24(38-2)13-25(39-3)29(27)32/h4,11-14,17,20,23H,1,5-10,15-16H2,2-3H3,(H,33,35)(H,34,36)/t17-,20?,23-/m1/s1. The van der Waals surface area contributed by atoms with Crippen LogP contribution in [0.4, 0.5) is 11.6 Å². The number of carbonyl (C=O) groups is 1. The van der Waals surface area contributed by atoms with Gasteiger partial charge in [-0.3, -0.25) is 4.79 Å². The number of ether oxygens (including phenoxy) is 4. The number of pyridine rings is 2. The smallest absolute Gasteiger partial charge is 0.155 e. The second-order valence-electron chi connectivity index (χ2n) is 10.2. The van der Waals surface area contributed by atoms with Crippen LogP contribution in [0.15, 0.2) is 37.1 Å². The summed E-state index contributed by atoms with van der Waals surface area (Å²) in [6.45, 7) is 6.09. The third kappa shape index (κ3) is 6.54. The normalized spacial score (nSPS) is 20.5. The molecule has 3 atom stereocenters. The van der Waals surface area contributed by atoms with Crippen LogP contribution in [0.5, 0.6) is 11.5 Å². The van der Waals surface area contributed by atoms with Crippen molar-refractivity contribution in [3.8, 4) is 22.8 Å². The highest BCUT2D eigenvalue weighted by molar-refractivity contribution is 6.41. The molecule has 2 aliphatic heterocycles. The Balaban J connectivity index is 1.54. The maximum Gasteiger partial charge on any atom is 0.155 e. The summed E-state index contributed by atoms with van der Waals surface area (Å²) in [5.74, 6) is 2.31. The molecule has 4 heterocycles. The summed E-state index contributed by atoms with van der Waals surface area (Å²) in [5.41, 5.74) is 1.05. The summed E-state index contributed by atoms with van der Waals surface area (Å²) in [6, 6.07) is 5.44. The molecule has 0 bridgehead atoms. The van der Waals surface area contributed by atoms with E-state index in [1.165, 1.54) is 20.3 Å². The second kappa shape index (κ2) is 13.2. The van der Waals surface area contributed by atoms with E-state index in [1.54, 1.807) is 12.3 Å². The van der Waals surface area contributed by atoms with Crippen molar-refractivity contribution in [1.82, 2.24) is 9.97 Å². The van der Waals surface area contributed by atoms with Crippen molar-refractivity contribution < 1.29 is 23.7 Å². The molecule has 2 N–H and O–H groups in total. The van der Waals surface area contributed by atoms with Crippen molar-refractivity contribution in [2.45, 2.75) is 37.8 Å². The molecule has 2 saturated heterocycles. The van der Waals surface area contributed by atoms with Crippen LogP contribution >= 0.6 is 23.2 Å². The summed E-state index contributed by atoms with van der Waals surface area (Å²) in [4.78, 5) is 21.8. The lowest BCUT2D eigenvalue weighted by Crippen LogP contribution is -2.39. The second-order valence-corrected chi connectivity index (χ2v) is 11.0. The lowest BCUT2D eigenvalue weighted by molar-refractivity contribution is -0.116. The molecule has 0 aliphatic carbocycles. The Labute approximate surface area is 249 Å². The Kier molecular flexibility index (Phi) is 9.49. The number of anilines is 2. The van der Waals surface area contributed by atoms with Gasteiger partial charge in [0.05, 0.1) is 48.7 Å². The summed E-state index contributed by atoms with van der Waals surface area (Å²) in [6.07, 6.45) is 6.49. The zero-order valence-corrected chi connectivity index (χ0v) is 24.7. The maximum atomic E-state index is 12.1. The molecule has 41 heavy (non-hydrogen) atoms. The highest BCUT2D eigenvalue weighted by Crippen LogP contribution is 2.46. The Morgan fingerprint density at radius 3 is 2.61 bits per heavy atom. The van der Waals surface area contributed by atoms with Gasteiger partial charge in [0.15, 0.2) is 5.78 Å². The predicted molar refractivity (Wildman–Crippen MR) is 162 cm³/mol. The molecule has 0 amide bonds. The quantitative estimate of drug-likeness (QED) is 0.250. The molecule has 2 fully saturated rings. The van der Waals surface area contributed by atoms with Crippen LogP contribution in [0.2, 0.25) is 10.0 Å². The largest absolute Gasteiger partial charge is 0.495 e. The average molecular weight is 602 g/mol. The van der Waals surface area contributed by atoms with Crippen LogP contribution in [-0.4, -0.2) is 68.5 Å². The number of nitrogens with zero attached hydrogens (tertiary/aromatic N) is 2. The van der Waals surface area contributed by atoms with Gasteiger partial charge in [-0.05, 0) is 43.4 Å². The molecule has 2 aliphatic rings. The van der Waals surface area contributed by atoms with Gasteiger partial charge in [0.25, 0.3) is 0 Å². The number of hydrogen-bond acceptors (Lipinski definition) is 9. The Hall–Kier alpha value is -3.11. The van der Waals surface area contributed by atoms with Gasteiger partial charge in [0, 0.05) is 54.8 Å². The van der Waals surface area contributed by atoms with Gasteiger partial charge < -0.3 is 29.6 Å². The van der Waals surface area contributed by atoms with Gasteiger partial charge in [0.2, 0.25) is 0 Å². The van der Waals surface area contributed by atoms with Crippen molar-refractivity contribution in [1.29, 1.82) is 0 Å². The molecule has 218 valence electrons. The molecule has 3 aromatic rings. The number of rotatable bonds is 11. The van der Waals surface area contributed by atoms with Crippen molar-refractivity contribution >= 4 is 51.4 Å². The van der Waals surface area contributed by atoms with E-state index in [0.717, 1.165) is 36.6 Å². The van der Waals surface area contributed by atoms with Gasteiger partial charge in [0.1, 0.15) is 23.1 Å². The number of nitrogens with one attached hydrogen (secondary N) is 2. The minimum absolute atomic E-state index is 0.0269. The number of halogens is 2. The first-order chi connectivity index (χ1) is 19.9. The molecular weight excluding hydrogens is 567 g/mol. The average Bonchev–Trinajstić information content (AvgIpc) is 3.51. The van der Waals surface area contributed by atoms with Gasteiger partial charge in [-0.25, -0.2) is 9.97 Å². The van der Waals surface area contributed by atoms with E-state index in [1.807, 2.05) is 12.1 Å². The molecule has 1 aromatic carbocycles. The van der Waals surface area contributed by atoms with E-state index in [-0.39, 0.29) is 23.8 Å². The number of fused-ring (bicyclic) bond motifs is 1. The Morgan fingerprint density at radius 1 is 1.15 bits per heavy atom. The van der Waals surface area contributed by atoms with Gasteiger partial charge in [-0.1, -0.05) is 29.8 Å². The van der Waals surface area contributed by atoms with E-state index in [2.05, 4.69) is 17.2 Å². The van der Waals surface area contributed by atoms with Crippen LogP contribution in [0.1, 0.15) is 25.7 Å². The lowest BCUT2D eigenvalue weighted by Gasteiger charge is -2.32. The number of methoxy groups -OCH3 is 2. The van der Waals surface area contributed by atoms with Crippen LogP contribution in [0.25, 0.3) is 22.0 Å². The zero-order valence-electron chi connectivity index (χ0n) is 23.2. The van der Waals surface area contributed by atoms with Crippen molar-refractivity contribution in [3.63, 3.8) is 0 Å². The van der Waals surface area contributed by atoms with Crippen LogP contribution in [-0.2, 0) is 14.3 Å². The number of benzene rings is 1. The van der Waals surface area contributed by atoms with Crippen molar-refractivity contribution in [2.75, 3.05) is 51.2 Å². The van der Waals surface area contributed by atoms with Gasteiger partial charge in [-0.2, -0.15) is 0 Å². The number of allylic oxidation sites excluding steroid dienone is 1. The first-order valence-corrected chi connectivity index (χ1v) is 14.4. The summed E-state index contributed by atoms with van der Waals surface area (Å²) in [7, 11) is 3.07. The first kappa shape index (κ1) is 29.4. The summed E-state index contributed by atoms with van der Waals surface area (Å²) in [5, 5.41) is 9.35. The Bertz CT molecular complexity index is 1400. The van der Waals surface area contributed by atoms with Crippen LogP contribution in [0.3, 0.4) is 0 Å². The fourth-order valence-corrected chi connectivity index (χ4v) is 6.03. The van der Waals surface area contributed by atoms with E-state index in [4.69, 9.17) is 52.1 Å². The molecule has 0 saturated carbocycles. The highest BCUT2D eigenvalue weighted by atomic mass is 35.5. The van der Waals surface area contributed by atoms with Crippen LogP contribution < -0.4 is 20.1 Å². The topological polar surface area (TPSA) is 104 Å². The lowest BCUT2D eigenvalue weighted by atomic mass is 9.89. The summed E-state index contributed by atoms with van der Waals surface area (Å²) < 4.78 is 22.5. The van der Waals surface area contributed by atoms with Crippen LogP contribution in [0, 0.1) is 5.92 Å². The molecule has 9 nitrogen and oxygen atoms in total.